The van der Waals surface area contributed by atoms with Crippen molar-refractivity contribution in [3.8, 4) is 17.2 Å². The average Bonchev–Trinajstić information content (AvgIpc) is 2.82. The summed E-state index contributed by atoms with van der Waals surface area (Å²) >= 11 is 0. The Morgan fingerprint density at radius 3 is 2.46 bits per heavy atom. The molecule has 0 saturated carbocycles. The van der Waals surface area contributed by atoms with Gasteiger partial charge in [-0.05, 0) is 62.4 Å². The second kappa shape index (κ2) is 10.2. The fourth-order valence-corrected chi connectivity index (χ4v) is 4.92. The van der Waals surface area contributed by atoms with Gasteiger partial charge in [0.2, 0.25) is 5.91 Å². The Hall–Kier alpha value is -3.79. The molecule has 4 rings (SSSR count). The summed E-state index contributed by atoms with van der Waals surface area (Å²) < 4.78 is 58.3. The van der Waals surface area contributed by atoms with Crippen LogP contribution in [0.5, 0.6) is 17.2 Å². The number of hydrogen-bond acceptors (Lipinski definition) is 6. The monoisotopic (exact) mass is 500 g/mol. The highest BCUT2D eigenvalue weighted by Crippen LogP contribution is 2.34. The summed E-state index contributed by atoms with van der Waals surface area (Å²) in [7, 11) is -4.22. The molecule has 0 radical (unpaired) electrons. The van der Waals surface area contributed by atoms with Crippen molar-refractivity contribution in [2.75, 3.05) is 29.4 Å². The predicted octanol–water partition coefficient (Wildman–Crippen LogP) is 4.22. The molecule has 184 valence electrons. The number of halogens is 1. The first-order valence-corrected chi connectivity index (χ1v) is 12.4. The van der Waals surface area contributed by atoms with Gasteiger partial charge in [-0.1, -0.05) is 6.07 Å². The molecule has 3 aromatic rings. The molecule has 0 spiro atoms. The first-order valence-electron chi connectivity index (χ1n) is 11.0. The molecule has 35 heavy (non-hydrogen) atoms. The second-order valence-corrected chi connectivity index (χ2v) is 9.90. The highest BCUT2D eigenvalue weighted by atomic mass is 32.2. The summed E-state index contributed by atoms with van der Waals surface area (Å²) in [4.78, 5) is 12.8. The molecule has 1 N–H and O–H groups in total. The molecule has 0 aliphatic carbocycles. The van der Waals surface area contributed by atoms with E-state index >= 15 is 0 Å². The molecule has 0 aromatic heterocycles. The topological polar surface area (TPSA) is 94.2 Å². The van der Waals surface area contributed by atoms with E-state index in [1.54, 1.807) is 24.3 Å². The van der Waals surface area contributed by atoms with Crippen LogP contribution < -0.4 is 23.8 Å². The van der Waals surface area contributed by atoms with Gasteiger partial charge in [0.1, 0.15) is 31.3 Å². The average molecular weight is 501 g/mol. The van der Waals surface area contributed by atoms with Crippen molar-refractivity contribution in [3.05, 3.63) is 72.5 Å². The molecule has 1 aliphatic heterocycles. The van der Waals surface area contributed by atoms with Crippen LogP contribution in [0.1, 0.15) is 13.8 Å². The quantitative estimate of drug-likeness (QED) is 0.498. The summed E-state index contributed by atoms with van der Waals surface area (Å²) in [5, 5.41) is 2.70. The molecule has 8 nitrogen and oxygen atoms in total. The molecular formula is C25H25FN2O6S. The number of fused-ring (bicyclic) bond motifs is 1. The fraction of sp³-hybridized carbons (Fsp3) is 0.240. The van der Waals surface area contributed by atoms with Gasteiger partial charge in [-0.3, -0.25) is 9.10 Å². The number of amides is 1. The number of anilines is 2. The van der Waals surface area contributed by atoms with Crippen LogP contribution in [0.3, 0.4) is 0 Å². The van der Waals surface area contributed by atoms with Crippen LogP contribution in [0.4, 0.5) is 15.8 Å². The van der Waals surface area contributed by atoms with Crippen molar-refractivity contribution in [2.24, 2.45) is 0 Å². The summed E-state index contributed by atoms with van der Waals surface area (Å²) in [5.74, 6) is 0.179. The van der Waals surface area contributed by atoms with Gasteiger partial charge in [-0.15, -0.1) is 0 Å². The molecule has 0 unspecified atom stereocenters. The van der Waals surface area contributed by atoms with Gasteiger partial charge in [0.25, 0.3) is 10.0 Å². The predicted molar refractivity (Wildman–Crippen MR) is 129 cm³/mol. The van der Waals surface area contributed by atoms with E-state index in [-0.39, 0.29) is 16.7 Å². The first kappa shape index (κ1) is 24.3. The number of nitrogens with zero attached hydrogens (tertiary/aromatic N) is 1. The Balaban J connectivity index is 1.62. The zero-order valence-electron chi connectivity index (χ0n) is 19.2. The number of nitrogens with one attached hydrogen (secondary N) is 1. The zero-order valence-corrected chi connectivity index (χ0v) is 20.0. The van der Waals surface area contributed by atoms with Gasteiger partial charge < -0.3 is 19.5 Å². The van der Waals surface area contributed by atoms with Crippen molar-refractivity contribution in [1.82, 2.24) is 0 Å². The van der Waals surface area contributed by atoms with E-state index in [1.807, 2.05) is 13.8 Å². The molecule has 10 heteroatoms. The molecule has 3 aromatic carbocycles. The Labute approximate surface area is 203 Å². The lowest BCUT2D eigenvalue weighted by atomic mass is 10.3. The number of rotatable bonds is 8. The van der Waals surface area contributed by atoms with Crippen LogP contribution in [0, 0.1) is 5.82 Å². The Morgan fingerprint density at radius 2 is 1.74 bits per heavy atom. The summed E-state index contributed by atoms with van der Waals surface area (Å²) in [6, 6.07) is 15.9. The van der Waals surface area contributed by atoms with E-state index in [0.717, 1.165) is 16.4 Å². The third-order valence-corrected chi connectivity index (χ3v) is 6.76. The van der Waals surface area contributed by atoms with Crippen LogP contribution in [-0.2, 0) is 14.8 Å². The van der Waals surface area contributed by atoms with Crippen molar-refractivity contribution >= 4 is 27.3 Å². The maximum atomic E-state index is 13.6. The number of hydrogen-bond donors (Lipinski definition) is 1. The molecule has 1 aliphatic rings. The largest absolute Gasteiger partial charge is 0.491 e. The zero-order chi connectivity index (χ0) is 25.0. The van der Waals surface area contributed by atoms with Crippen LogP contribution >= 0.6 is 0 Å². The van der Waals surface area contributed by atoms with Gasteiger partial charge in [-0.2, -0.15) is 0 Å². The Morgan fingerprint density at radius 1 is 1.03 bits per heavy atom. The minimum absolute atomic E-state index is 0.0499. The van der Waals surface area contributed by atoms with Gasteiger partial charge >= 0.3 is 0 Å². The molecular weight excluding hydrogens is 475 g/mol. The lowest BCUT2D eigenvalue weighted by molar-refractivity contribution is -0.114. The van der Waals surface area contributed by atoms with E-state index in [2.05, 4.69) is 5.32 Å². The van der Waals surface area contributed by atoms with E-state index < -0.39 is 28.3 Å². The lowest BCUT2D eigenvalue weighted by Gasteiger charge is -2.25. The Bertz CT molecular complexity index is 1310. The lowest BCUT2D eigenvalue weighted by Crippen LogP contribution is -2.38. The second-order valence-electron chi connectivity index (χ2n) is 8.04. The highest BCUT2D eigenvalue weighted by molar-refractivity contribution is 7.92. The number of sulfonamides is 1. The third-order valence-electron chi connectivity index (χ3n) is 4.99. The first-order chi connectivity index (χ1) is 16.7. The molecule has 0 bridgehead atoms. The number of carbonyl (C=O) groups excluding carboxylic acids is 1. The van der Waals surface area contributed by atoms with Gasteiger partial charge in [-0.25, -0.2) is 12.8 Å². The number of carbonyl (C=O) groups is 1. The summed E-state index contributed by atoms with van der Waals surface area (Å²) in [6.45, 7) is 3.88. The van der Waals surface area contributed by atoms with E-state index in [1.165, 1.54) is 30.3 Å². The Kier molecular flexibility index (Phi) is 7.11. The van der Waals surface area contributed by atoms with E-state index in [0.29, 0.717) is 36.1 Å². The van der Waals surface area contributed by atoms with Crippen LogP contribution in [0.25, 0.3) is 0 Å². The maximum Gasteiger partial charge on any atom is 0.264 e. The van der Waals surface area contributed by atoms with Crippen LogP contribution in [0.2, 0.25) is 0 Å². The van der Waals surface area contributed by atoms with Crippen LogP contribution in [0.15, 0.2) is 71.6 Å². The number of ether oxygens (including phenoxy) is 3. The minimum Gasteiger partial charge on any atom is -0.491 e. The normalized spacial score (nSPS) is 12.8. The maximum absolute atomic E-state index is 13.6. The molecule has 1 heterocycles. The molecule has 0 fully saturated rings. The smallest absolute Gasteiger partial charge is 0.264 e. The fourth-order valence-electron chi connectivity index (χ4n) is 3.48. The van der Waals surface area contributed by atoms with Crippen molar-refractivity contribution in [2.45, 2.75) is 24.8 Å². The molecule has 0 saturated heterocycles. The number of benzene rings is 3. The van der Waals surface area contributed by atoms with E-state index in [4.69, 9.17) is 14.2 Å². The summed E-state index contributed by atoms with van der Waals surface area (Å²) in [5.41, 5.74) is 0.581. The molecule has 0 atom stereocenters. The van der Waals surface area contributed by atoms with Crippen molar-refractivity contribution < 1.29 is 31.8 Å². The van der Waals surface area contributed by atoms with Crippen LogP contribution in [-0.4, -0.2) is 40.2 Å². The van der Waals surface area contributed by atoms with Gasteiger partial charge in [0, 0.05) is 17.8 Å². The highest BCUT2D eigenvalue weighted by Gasteiger charge is 2.29. The van der Waals surface area contributed by atoms with Gasteiger partial charge in [0.05, 0.1) is 16.7 Å². The summed E-state index contributed by atoms with van der Waals surface area (Å²) in [6.07, 6.45) is -0.0499. The van der Waals surface area contributed by atoms with Crippen molar-refractivity contribution in [3.63, 3.8) is 0 Å². The van der Waals surface area contributed by atoms with E-state index in [9.17, 15) is 17.6 Å². The molecule has 1 amide bonds. The van der Waals surface area contributed by atoms with Gasteiger partial charge in [0.15, 0.2) is 11.5 Å². The van der Waals surface area contributed by atoms with Crippen molar-refractivity contribution in [1.29, 1.82) is 0 Å². The SMILES string of the molecule is CC(C)Oc1cccc(NC(=O)CN(c2ccc(F)cc2)S(=O)(=O)c2ccc3c(c2)OCCO3)c1. The third kappa shape index (κ3) is 5.83. The standard InChI is InChI=1S/C25H25FN2O6S/c1-17(2)34-21-5-3-4-19(14-21)27-25(29)16-28(20-8-6-18(26)7-9-20)35(30,31)22-10-11-23-24(15-22)33-13-12-32-23/h3-11,14-15,17H,12-13,16H2,1-2H3,(H,27,29). The minimum atomic E-state index is -4.22.